The molecule has 8 atom stereocenters. The van der Waals surface area contributed by atoms with Gasteiger partial charge in [-0.2, -0.15) is 0 Å². The van der Waals surface area contributed by atoms with E-state index in [-0.39, 0.29) is 6.42 Å². The molecule has 0 aromatic heterocycles. The Kier molecular flexibility index (Phi) is 32.0. The molecule has 0 heterocycles. The molecule has 1 rings (SSSR count). The molecule has 1 aliphatic carbocycles. The number of hydrogen-bond acceptors (Lipinski definition) is 11. The van der Waals surface area contributed by atoms with Crippen LogP contribution in [0.5, 0.6) is 0 Å². The monoisotopic (exact) mass is 838 g/mol. The van der Waals surface area contributed by atoms with Crippen LogP contribution in [0.1, 0.15) is 194 Å². The molecule has 0 bridgehead atoms. The molecule has 1 saturated carbocycles. The first-order valence-corrected chi connectivity index (χ1v) is 24.2. The molecule has 1 aliphatic rings. The lowest BCUT2D eigenvalue weighted by Crippen LogP contribution is -2.64. The molecule has 0 aromatic carbocycles. The van der Waals surface area contributed by atoms with Gasteiger partial charge in [0.25, 0.3) is 0 Å². The van der Waals surface area contributed by atoms with Crippen LogP contribution in [0.25, 0.3) is 0 Å². The highest BCUT2D eigenvalue weighted by Crippen LogP contribution is 2.47. The van der Waals surface area contributed by atoms with Crippen molar-refractivity contribution >= 4 is 13.7 Å². The summed E-state index contributed by atoms with van der Waals surface area (Å²) in [7, 11) is -5.13. The Balaban J connectivity index is 2.43. The number of carbonyl (C=O) groups excluding carboxylic acids is 1. The average molecular weight is 838 g/mol. The van der Waals surface area contributed by atoms with E-state index in [4.69, 9.17) is 9.05 Å². The topological polar surface area (TPSA) is 226 Å². The fourth-order valence-corrected chi connectivity index (χ4v) is 8.33. The highest BCUT2D eigenvalue weighted by Gasteiger charge is 2.51. The van der Waals surface area contributed by atoms with Crippen LogP contribution >= 0.6 is 7.82 Å². The zero-order valence-corrected chi connectivity index (χ0v) is 36.4. The number of unbranched alkanes of at least 4 members (excludes halogenated alkanes) is 24. The Bertz CT molecular complexity index is 1040. The molecule has 9 N–H and O–H groups in total. The zero-order chi connectivity index (χ0) is 42.3. The normalized spacial score (nSPS) is 24.0. The second kappa shape index (κ2) is 33.7. The lowest BCUT2D eigenvalue weighted by molar-refractivity contribution is -0.220. The molecule has 0 spiro atoms. The smallest absolute Gasteiger partial charge is 0.393 e. The van der Waals surface area contributed by atoms with Gasteiger partial charge in [0, 0.05) is 0 Å². The van der Waals surface area contributed by atoms with Gasteiger partial charge in [-0.3, -0.25) is 13.8 Å². The number of carbonyl (C=O) groups is 1. The molecule has 0 aliphatic heterocycles. The maximum atomic E-state index is 12.9. The molecule has 0 radical (unpaired) electrons. The van der Waals surface area contributed by atoms with Crippen LogP contribution in [0.2, 0.25) is 0 Å². The fourth-order valence-electron chi connectivity index (χ4n) is 7.36. The summed E-state index contributed by atoms with van der Waals surface area (Å²) in [5.41, 5.74) is 0. The molecule has 8 unspecified atom stereocenters. The van der Waals surface area contributed by atoms with Gasteiger partial charge in [0.15, 0.2) is 0 Å². The molecular weight excluding hydrogens is 753 g/mol. The molecule has 1 amide bonds. The highest BCUT2D eigenvalue weighted by atomic mass is 31.2. The predicted molar refractivity (Wildman–Crippen MR) is 224 cm³/mol. The van der Waals surface area contributed by atoms with Crippen LogP contribution < -0.4 is 5.32 Å². The molecule has 1 fully saturated rings. The highest BCUT2D eigenvalue weighted by molar-refractivity contribution is 7.47. The van der Waals surface area contributed by atoms with Gasteiger partial charge < -0.3 is 46.0 Å². The Morgan fingerprint density at radius 3 is 1.44 bits per heavy atom. The van der Waals surface area contributed by atoms with Crippen molar-refractivity contribution in [1.29, 1.82) is 0 Å². The van der Waals surface area contributed by atoms with Crippen molar-refractivity contribution in [3.05, 3.63) is 12.2 Å². The van der Waals surface area contributed by atoms with E-state index < -0.39 is 75.2 Å². The first-order valence-electron chi connectivity index (χ1n) is 22.7. The van der Waals surface area contributed by atoms with Crippen molar-refractivity contribution in [2.24, 2.45) is 0 Å². The third-order valence-corrected chi connectivity index (χ3v) is 12.1. The molecular formula is C43H84NO12P. The number of nitrogens with one attached hydrogen (secondary N) is 1. The van der Waals surface area contributed by atoms with Crippen molar-refractivity contribution in [3.63, 3.8) is 0 Å². The summed E-state index contributed by atoms with van der Waals surface area (Å²) in [6, 6.07) is -1.23. The maximum Gasteiger partial charge on any atom is 0.472 e. The van der Waals surface area contributed by atoms with Crippen LogP contribution in [0.15, 0.2) is 12.2 Å². The van der Waals surface area contributed by atoms with E-state index in [1.165, 1.54) is 109 Å². The maximum absolute atomic E-state index is 12.9. The lowest BCUT2D eigenvalue weighted by Gasteiger charge is -2.41. The quantitative estimate of drug-likeness (QED) is 0.0175. The Hall–Kier alpha value is -0.960. The number of aliphatic hydroxyl groups is 7. The Labute approximate surface area is 344 Å². The van der Waals surface area contributed by atoms with Gasteiger partial charge in [-0.15, -0.1) is 0 Å². The minimum Gasteiger partial charge on any atom is -0.393 e. The van der Waals surface area contributed by atoms with E-state index in [1.807, 2.05) is 0 Å². The lowest BCUT2D eigenvalue weighted by atomic mass is 9.85. The number of phosphoric acid groups is 1. The van der Waals surface area contributed by atoms with Gasteiger partial charge in [-0.05, 0) is 19.3 Å². The second-order valence-electron chi connectivity index (χ2n) is 16.4. The van der Waals surface area contributed by atoms with Crippen molar-refractivity contribution in [1.82, 2.24) is 5.32 Å². The van der Waals surface area contributed by atoms with E-state index in [1.54, 1.807) is 6.08 Å². The van der Waals surface area contributed by atoms with Crippen LogP contribution in [0, 0.1) is 0 Å². The van der Waals surface area contributed by atoms with Gasteiger partial charge in [-0.25, -0.2) is 4.57 Å². The number of aliphatic hydroxyl groups excluding tert-OH is 7. The summed E-state index contributed by atoms with van der Waals surface area (Å²) in [4.78, 5) is 23.3. The number of amides is 1. The summed E-state index contributed by atoms with van der Waals surface area (Å²) in [6.45, 7) is 3.68. The van der Waals surface area contributed by atoms with Gasteiger partial charge in [0.05, 0.1) is 31.3 Å². The number of rotatable bonds is 37. The number of allylic oxidation sites excluding steroid dienone is 1. The minimum atomic E-state index is -5.13. The molecule has 14 heteroatoms. The van der Waals surface area contributed by atoms with E-state index in [0.717, 1.165) is 57.8 Å². The molecule has 13 nitrogen and oxygen atoms in total. The van der Waals surface area contributed by atoms with Gasteiger partial charge in [0.1, 0.15) is 36.6 Å². The number of hydrogen-bond donors (Lipinski definition) is 9. The van der Waals surface area contributed by atoms with E-state index >= 15 is 0 Å². The van der Waals surface area contributed by atoms with Gasteiger partial charge >= 0.3 is 7.82 Å². The van der Waals surface area contributed by atoms with Crippen molar-refractivity contribution in [2.45, 2.75) is 249 Å². The fraction of sp³-hybridized carbons (Fsp3) is 0.930. The van der Waals surface area contributed by atoms with Gasteiger partial charge in [-0.1, -0.05) is 180 Å². The first kappa shape index (κ1) is 54.1. The Morgan fingerprint density at radius 2 is 1.00 bits per heavy atom. The summed E-state index contributed by atoms with van der Waals surface area (Å²) >= 11 is 0. The molecule has 338 valence electrons. The van der Waals surface area contributed by atoms with Crippen molar-refractivity contribution < 1.29 is 59.0 Å². The first-order chi connectivity index (χ1) is 27.3. The summed E-state index contributed by atoms with van der Waals surface area (Å²) in [5.74, 6) is -0.593. The van der Waals surface area contributed by atoms with E-state index in [0.29, 0.717) is 12.8 Å². The SMILES string of the molecule is CCCCCCCC/C=C/C(O)C(COP(=O)(O)OC1C(O)C(O)C(O)C(O)C1O)NC(=O)CC(O)CCCCCCCCCCCCCCCCCCCCC. The predicted octanol–water partition coefficient (Wildman–Crippen LogP) is 7.03. The third-order valence-electron chi connectivity index (χ3n) is 11.1. The Morgan fingerprint density at radius 1 is 0.614 bits per heavy atom. The van der Waals surface area contributed by atoms with E-state index in [2.05, 4.69) is 19.2 Å². The zero-order valence-electron chi connectivity index (χ0n) is 35.5. The summed E-state index contributed by atoms with van der Waals surface area (Å²) in [5, 5.41) is 74.1. The van der Waals surface area contributed by atoms with Crippen LogP contribution in [-0.2, 0) is 18.4 Å². The molecule has 57 heavy (non-hydrogen) atoms. The summed E-state index contributed by atoms with van der Waals surface area (Å²) < 4.78 is 22.7. The molecule has 0 aromatic rings. The van der Waals surface area contributed by atoms with Crippen LogP contribution in [0.3, 0.4) is 0 Å². The summed E-state index contributed by atoms with van der Waals surface area (Å²) in [6.07, 6.45) is 20.6. The minimum absolute atomic E-state index is 0.240. The van der Waals surface area contributed by atoms with E-state index in [9.17, 15) is 50.0 Å². The third kappa shape index (κ3) is 26.1. The van der Waals surface area contributed by atoms with Crippen molar-refractivity contribution in [3.8, 4) is 0 Å². The number of phosphoric ester groups is 1. The standard InChI is InChI=1S/C43H84NO12P/c1-3-5-7-9-11-13-14-15-16-17-18-19-20-21-22-23-24-26-28-30-34(45)32-37(47)44-35(36(46)31-29-27-25-12-10-8-6-4-2)33-55-57(53,54)56-43-41(51)39(49)38(48)40(50)42(43)52/h29,31,34-36,38-43,45-46,48-52H,3-28,30,32-33H2,1-2H3,(H,44,47)(H,53,54)/b31-29+. The van der Waals surface area contributed by atoms with Crippen LogP contribution in [-0.4, -0.2) is 108 Å². The van der Waals surface area contributed by atoms with Crippen LogP contribution in [0.4, 0.5) is 0 Å². The average Bonchev–Trinajstić information content (AvgIpc) is 3.18. The van der Waals surface area contributed by atoms with Gasteiger partial charge in [0.2, 0.25) is 5.91 Å². The molecule has 0 saturated heterocycles. The van der Waals surface area contributed by atoms with Crippen molar-refractivity contribution in [2.75, 3.05) is 6.61 Å². The second-order valence-corrected chi connectivity index (χ2v) is 17.9. The largest absolute Gasteiger partial charge is 0.472 e.